The topological polar surface area (TPSA) is 120 Å². The van der Waals surface area contributed by atoms with Gasteiger partial charge < -0.3 is 26.0 Å². The number of anilines is 1. The smallest absolute Gasteiger partial charge is 0.409 e. The Bertz CT molecular complexity index is 1180. The maximum atomic E-state index is 13.2. The maximum Gasteiger partial charge on any atom is 0.409 e. The van der Waals surface area contributed by atoms with Crippen molar-refractivity contribution in [2.24, 2.45) is 17.6 Å². The first-order valence-corrected chi connectivity index (χ1v) is 11.8. The van der Waals surface area contributed by atoms with Crippen molar-refractivity contribution in [3.8, 4) is 11.4 Å². The van der Waals surface area contributed by atoms with Crippen LogP contribution in [0.3, 0.4) is 0 Å². The molecule has 1 aromatic heterocycles. The Morgan fingerprint density at radius 3 is 2.34 bits per heavy atom. The highest BCUT2D eigenvalue weighted by molar-refractivity contribution is 5.98. The second-order valence-electron chi connectivity index (χ2n) is 9.16. The molecule has 4 N–H and O–H groups in total. The van der Waals surface area contributed by atoms with Crippen LogP contribution in [0, 0.1) is 18.3 Å². The van der Waals surface area contributed by atoms with Crippen molar-refractivity contribution < 1.29 is 14.3 Å². The third-order valence-corrected chi connectivity index (χ3v) is 6.81. The fourth-order valence-corrected chi connectivity index (χ4v) is 5.11. The van der Waals surface area contributed by atoms with Gasteiger partial charge in [-0.25, -0.2) is 9.48 Å². The molecule has 2 aromatic carbocycles. The van der Waals surface area contributed by atoms with Gasteiger partial charge in [-0.2, -0.15) is 5.10 Å². The van der Waals surface area contributed by atoms with E-state index in [-0.39, 0.29) is 11.7 Å². The number of nitrogen functional groups attached to an aromatic ring is 1. The summed E-state index contributed by atoms with van der Waals surface area (Å²) in [5, 5.41) is 4.31. The molecule has 9 nitrogen and oxygen atoms in total. The van der Waals surface area contributed by atoms with Gasteiger partial charge in [-0.05, 0) is 61.1 Å². The first kappa shape index (κ1) is 22.9. The van der Waals surface area contributed by atoms with Crippen molar-refractivity contribution >= 4 is 17.8 Å². The summed E-state index contributed by atoms with van der Waals surface area (Å²) >= 11 is 0. The van der Waals surface area contributed by atoms with Crippen molar-refractivity contribution in [1.82, 2.24) is 19.6 Å². The van der Waals surface area contributed by atoms with Crippen molar-refractivity contribution in [2.75, 3.05) is 38.5 Å². The third kappa shape index (κ3) is 5.00. The number of fused-ring (bicyclic) bond motifs is 1. The number of likely N-dealkylation sites (tertiary alicyclic amines) is 2. The van der Waals surface area contributed by atoms with E-state index in [0.29, 0.717) is 28.8 Å². The fourth-order valence-electron chi connectivity index (χ4n) is 5.11. The number of ether oxygens (including phenoxy) is 1. The first-order chi connectivity index (χ1) is 17.0. The van der Waals surface area contributed by atoms with Crippen molar-refractivity contribution in [3.63, 3.8) is 0 Å². The lowest BCUT2D eigenvalue weighted by Crippen LogP contribution is -2.33. The van der Waals surface area contributed by atoms with Crippen molar-refractivity contribution in [2.45, 2.75) is 6.42 Å². The Morgan fingerprint density at radius 2 is 1.69 bits per heavy atom. The number of hydrogen-bond donors (Lipinski definition) is 2. The van der Waals surface area contributed by atoms with Gasteiger partial charge in [0.25, 0.3) is 5.91 Å². The van der Waals surface area contributed by atoms with E-state index >= 15 is 0 Å². The number of rotatable bonds is 7. The van der Waals surface area contributed by atoms with E-state index in [9.17, 15) is 9.59 Å². The molecule has 0 spiro atoms. The summed E-state index contributed by atoms with van der Waals surface area (Å²) in [5.41, 5.74) is 13.6. The summed E-state index contributed by atoms with van der Waals surface area (Å²) in [4.78, 5) is 28.5. The van der Waals surface area contributed by atoms with Crippen molar-refractivity contribution in [3.05, 3.63) is 78.3 Å². The molecule has 1 radical (unpaired) electrons. The number of aromatic nitrogens is 2. The molecule has 2 amide bonds. The van der Waals surface area contributed by atoms with E-state index in [1.54, 1.807) is 24.3 Å². The molecule has 35 heavy (non-hydrogen) atoms. The second-order valence-corrected chi connectivity index (χ2v) is 9.16. The number of primary amides is 1. The molecular formula is C26H29N6O3. The van der Waals surface area contributed by atoms with Gasteiger partial charge in [-0.3, -0.25) is 4.79 Å². The molecule has 3 aromatic rings. The van der Waals surface area contributed by atoms with Gasteiger partial charge in [0.15, 0.2) is 0 Å². The highest BCUT2D eigenvalue weighted by Crippen LogP contribution is 2.33. The summed E-state index contributed by atoms with van der Waals surface area (Å²) in [6, 6.07) is 17.0. The molecule has 5 rings (SSSR count). The van der Waals surface area contributed by atoms with E-state index in [1.165, 1.54) is 16.4 Å². The van der Waals surface area contributed by atoms with Gasteiger partial charge >= 0.3 is 6.09 Å². The highest BCUT2D eigenvalue weighted by atomic mass is 16.5. The number of nitrogens with zero attached hydrogens (tertiary/aromatic N) is 4. The van der Waals surface area contributed by atoms with Crippen LogP contribution in [-0.4, -0.2) is 64.3 Å². The minimum Gasteiger partial charge on any atom is -0.411 e. The Labute approximate surface area is 204 Å². The number of benzene rings is 2. The van der Waals surface area contributed by atoms with Gasteiger partial charge in [0.1, 0.15) is 17.1 Å². The second kappa shape index (κ2) is 9.79. The zero-order valence-corrected chi connectivity index (χ0v) is 19.4. The molecule has 2 atom stereocenters. The molecule has 0 aliphatic carbocycles. The van der Waals surface area contributed by atoms with E-state index in [1.807, 2.05) is 11.0 Å². The molecule has 1 unspecified atom stereocenters. The van der Waals surface area contributed by atoms with Gasteiger partial charge in [-0.15, -0.1) is 0 Å². The average Bonchev–Trinajstić information content (AvgIpc) is 3.53. The minimum absolute atomic E-state index is 0.0826. The van der Waals surface area contributed by atoms with Crippen LogP contribution in [0.1, 0.15) is 22.3 Å². The Morgan fingerprint density at radius 1 is 1.00 bits per heavy atom. The van der Waals surface area contributed by atoms with Crippen LogP contribution >= 0.6 is 0 Å². The molecule has 2 fully saturated rings. The van der Waals surface area contributed by atoms with Crippen LogP contribution in [0.2, 0.25) is 0 Å². The van der Waals surface area contributed by atoms with Gasteiger partial charge in [0.05, 0.1) is 11.9 Å². The largest absolute Gasteiger partial charge is 0.411 e. The summed E-state index contributed by atoms with van der Waals surface area (Å²) in [6.45, 7) is 4.56. The monoisotopic (exact) mass is 473 g/mol. The lowest BCUT2D eigenvalue weighted by Gasteiger charge is -2.21. The van der Waals surface area contributed by atoms with E-state index in [0.717, 1.165) is 39.1 Å². The van der Waals surface area contributed by atoms with Crippen LogP contribution in [-0.2, 0) is 0 Å². The molecule has 0 bridgehead atoms. The zero-order valence-electron chi connectivity index (χ0n) is 19.4. The minimum atomic E-state index is -0.881. The molecule has 0 saturated carbocycles. The number of hydrogen-bond acceptors (Lipinski definition) is 6. The lowest BCUT2D eigenvalue weighted by atomic mass is 10.0. The summed E-state index contributed by atoms with van der Waals surface area (Å²) in [5.74, 6) is 1.50. The number of carbonyl (C=O) groups is 2. The SMILES string of the molecule is NC(=O)Oc1ccc(-n2ncc(C(=O)N3CC4CN(CC[CH]c5ccccc5)C[C@H]4C3)c2N)cc1. The summed E-state index contributed by atoms with van der Waals surface area (Å²) in [6.07, 6.45) is 3.94. The molecule has 2 saturated heterocycles. The predicted octanol–water partition coefficient (Wildman–Crippen LogP) is 2.56. The Hall–Kier alpha value is -3.85. The lowest BCUT2D eigenvalue weighted by molar-refractivity contribution is 0.0775. The average molecular weight is 474 g/mol. The van der Waals surface area contributed by atoms with Crippen molar-refractivity contribution in [1.29, 1.82) is 0 Å². The maximum absolute atomic E-state index is 13.2. The van der Waals surface area contributed by atoms with Crippen LogP contribution in [0.4, 0.5) is 10.6 Å². The standard InChI is InChI=1S/C26H29N6O3/c27-24-23(13-29-32(24)21-8-10-22(11-9-21)35-26(28)34)25(33)31-16-19-14-30(15-20(19)17-31)12-4-7-18-5-2-1-3-6-18/h1-3,5-11,13,19-20H,4,12,14-17,27H2,(H2,28,34)/t19-,20?/m0/s1. The van der Waals surface area contributed by atoms with Crippen LogP contribution < -0.4 is 16.2 Å². The van der Waals surface area contributed by atoms with E-state index in [2.05, 4.69) is 40.7 Å². The highest BCUT2D eigenvalue weighted by Gasteiger charge is 2.42. The number of carbonyl (C=O) groups excluding carboxylic acids is 2. The first-order valence-electron chi connectivity index (χ1n) is 11.8. The van der Waals surface area contributed by atoms with Crippen LogP contribution in [0.5, 0.6) is 5.75 Å². The molecule has 2 aliphatic rings. The number of nitrogens with two attached hydrogens (primary N) is 2. The zero-order chi connectivity index (χ0) is 24.4. The Kier molecular flexibility index (Phi) is 6.41. The quantitative estimate of drug-likeness (QED) is 0.544. The van der Waals surface area contributed by atoms with Crippen LogP contribution in [0.25, 0.3) is 5.69 Å². The van der Waals surface area contributed by atoms with Gasteiger partial charge in [-0.1, -0.05) is 30.3 Å². The predicted molar refractivity (Wildman–Crippen MR) is 132 cm³/mol. The van der Waals surface area contributed by atoms with E-state index < -0.39 is 6.09 Å². The molecule has 2 aliphatic heterocycles. The molecular weight excluding hydrogens is 444 g/mol. The molecule has 3 heterocycles. The fraction of sp³-hybridized carbons (Fsp3) is 0.308. The Balaban J connectivity index is 1.15. The third-order valence-electron chi connectivity index (χ3n) is 6.81. The van der Waals surface area contributed by atoms with Crippen LogP contribution in [0.15, 0.2) is 60.8 Å². The van der Waals surface area contributed by atoms with Gasteiger partial charge in [0.2, 0.25) is 0 Å². The summed E-state index contributed by atoms with van der Waals surface area (Å²) in [7, 11) is 0. The molecule has 9 heteroatoms. The number of amides is 2. The van der Waals surface area contributed by atoms with E-state index in [4.69, 9.17) is 16.2 Å². The summed E-state index contributed by atoms with van der Waals surface area (Å²) < 4.78 is 6.35. The normalized spacial score (nSPS) is 19.6. The van der Waals surface area contributed by atoms with Gasteiger partial charge in [0, 0.05) is 26.2 Å². The molecule has 181 valence electrons.